The van der Waals surface area contributed by atoms with Crippen LogP contribution in [0.15, 0.2) is 388 Å². The summed E-state index contributed by atoms with van der Waals surface area (Å²) in [6.45, 7) is 28.2. The Morgan fingerprint density at radius 3 is 1.22 bits per heavy atom. The number of nitrogens with zero attached hydrogens (tertiary/aromatic N) is 4. The lowest BCUT2D eigenvalue weighted by molar-refractivity contribution is 0.593. The van der Waals surface area contributed by atoms with Crippen molar-refractivity contribution in [1.82, 2.24) is 9.13 Å². The number of benzene rings is 21. The number of anilines is 6. The van der Waals surface area contributed by atoms with Crippen LogP contribution in [0.4, 0.5) is 34.1 Å². The predicted octanol–water partition coefficient (Wildman–Crippen LogP) is 35.2. The second-order valence-corrected chi connectivity index (χ2v) is 38.3. The van der Waals surface area contributed by atoms with Crippen LogP contribution >= 0.6 is 0 Å². The minimum atomic E-state index is -0.123. The summed E-state index contributed by atoms with van der Waals surface area (Å²) in [6.07, 6.45) is 0. The van der Waals surface area contributed by atoms with Gasteiger partial charge in [0.1, 0.15) is 0 Å². The van der Waals surface area contributed by atoms with Gasteiger partial charge in [0, 0.05) is 82.9 Å². The average Bonchev–Trinajstić information content (AvgIpc) is 1.57. The molecule has 2 heterocycles. The van der Waals surface area contributed by atoms with Crippen molar-refractivity contribution in [1.29, 1.82) is 0 Å². The fourth-order valence-electron chi connectivity index (χ4n) is 22.5. The van der Waals surface area contributed by atoms with Crippen LogP contribution in [-0.4, -0.2) is 9.13 Å². The first-order valence-corrected chi connectivity index (χ1v) is 45.6. The number of para-hydroxylation sites is 2. The highest BCUT2D eigenvalue weighted by Gasteiger charge is 2.37. The van der Waals surface area contributed by atoms with E-state index in [4.69, 9.17) is 0 Å². The van der Waals surface area contributed by atoms with E-state index in [0.29, 0.717) is 0 Å². The molecule has 1 aliphatic carbocycles. The molecule has 2 aromatic heterocycles. The van der Waals surface area contributed by atoms with Crippen LogP contribution < -0.4 is 9.80 Å². The summed E-state index contributed by atoms with van der Waals surface area (Å²) >= 11 is 0. The number of rotatable bonds is 10. The lowest BCUT2D eigenvalue weighted by Gasteiger charge is -2.30. The Hall–Kier alpha value is -15.1. The lowest BCUT2D eigenvalue weighted by atomic mass is 9.74. The van der Waals surface area contributed by atoms with Gasteiger partial charge in [0.15, 0.2) is 0 Å². The molecule has 129 heavy (non-hydrogen) atoms. The summed E-state index contributed by atoms with van der Waals surface area (Å²) in [6, 6.07) is 144. The SMILES string of the molecule is Cc1c(C)n(-c2ccc(-c3ccc4ccccc4c3)c3ccccc23)c2c3ccccc3c3cc(N(c4ccccc4)c4ccc5c(c4)C(C)(C)c4ccccc4-5)c4ccccc4c3c12.Cc1c(C)n(-c2ccc3c(C(C)(C)C)c4ccccc4c(C(C)(C)C)c3c2)c2c3ccccc3c3cc(N(c4ccccc4)c4ccc(-c5ccccc5)cc4)c4ccccc4c3c12. The molecule has 4 nitrogen and oxygen atoms in total. The first-order chi connectivity index (χ1) is 62.8. The molecule has 0 atom stereocenters. The largest absolute Gasteiger partial charge is 0.313 e. The van der Waals surface area contributed by atoms with Gasteiger partial charge in [0.2, 0.25) is 0 Å². The third kappa shape index (κ3) is 12.4. The zero-order chi connectivity index (χ0) is 87.6. The molecular weight excluding hydrogens is 1560 g/mol. The van der Waals surface area contributed by atoms with Crippen molar-refractivity contribution in [2.24, 2.45) is 0 Å². The first kappa shape index (κ1) is 78.6. The molecule has 0 spiro atoms. The Labute approximate surface area is 754 Å². The number of aromatic nitrogens is 2. The Balaban J connectivity index is 0.000000147. The molecule has 0 unspecified atom stereocenters. The Morgan fingerprint density at radius 2 is 0.643 bits per heavy atom. The van der Waals surface area contributed by atoms with E-state index in [9.17, 15) is 0 Å². The van der Waals surface area contributed by atoms with Gasteiger partial charge >= 0.3 is 0 Å². The van der Waals surface area contributed by atoms with E-state index < -0.39 is 0 Å². The third-order valence-corrected chi connectivity index (χ3v) is 28.5. The van der Waals surface area contributed by atoms with E-state index in [1.54, 1.807) is 0 Å². The molecule has 0 amide bonds. The molecule has 4 heteroatoms. The minimum Gasteiger partial charge on any atom is -0.313 e. The smallest absolute Gasteiger partial charge is 0.0619 e. The van der Waals surface area contributed by atoms with Crippen LogP contribution in [0.25, 0.3) is 174 Å². The van der Waals surface area contributed by atoms with E-state index in [1.807, 2.05) is 0 Å². The van der Waals surface area contributed by atoms with Crippen molar-refractivity contribution >= 4 is 164 Å². The summed E-state index contributed by atoms with van der Waals surface area (Å²) in [4.78, 5) is 4.93. The molecule has 0 saturated carbocycles. The van der Waals surface area contributed by atoms with E-state index >= 15 is 0 Å². The number of hydrogen-bond donors (Lipinski definition) is 0. The van der Waals surface area contributed by atoms with Gasteiger partial charge in [-0.05, 0) is 271 Å². The Morgan fingerprint density at radius 1 is 0.240 bits per heavy atom. The number of aryl methyl sites for hydroxylation is 2. The van der Waals surface area contributed by atoms with Crippen LogP contribution in [0.5, 0.6) is 0 Å². The molecule has 1 aliphatic rings. The quantitative estimate of drug-likeness (QED) is 0.100. The fourth-order valence-corrected chi connectivity index (χ4v) is 22.5. The number of hydrogen-bond acceptors (Lipinski definition) is 2. The van der Waals surface area contributed by atoms with Crippen molar-refractivity contribution in [3.63, 3.8) is 0 Å². The van der Waals surface area contributed by atoms with Gasteiger partial charge in [0.05, 0.1) is 28.1 Å². The summed E-state index contributed by atoms with van der Waals surface area (Å²) < 4.78 is 5.12. The van der Waals surface area contributed by atoms with Crippen molar-refractivity contribution < 1.29 is 0 Å². The van der Waals surface area contributed by atoms with Crippen LogP contribution in [0.3, 0.4) is 0 Å². The van der Waals surface area contributed by atoms with E-state index in [2.05, 4.69) is 490 Å². The Kier molecular flexibility index (Phi) is 18.3. The maximum absolute atomic E-state index is 2.57. The monoisotopic (exact) mass is 1660 g/mol. The van der Waals surface area contributed by atoms with E-state index in [0.717, 1.165) is 28.4 Å². The molecule has 0 fully saturated rings. The first-order valence-electron chi connectivity index (χ1n) is 45.6. The Bertz CT molecular complexity index is 8560. The highest BCUT2D eigenvalue weighted by Crippen LogP contribution is 2.56. The fraction of sp³-hybridized carbons (Fsp3) is 0.120. The predicted molar refractivity (Wildman–Crippen MR) is 556 cm³/mol. The molecule has 0 saturated heterocycles. The second kappa shape index (κ2) is 30.0. The second-order valence-electron chi connectivity index (χ2n) is 38.3. The molecule has 0 radical (unpaired) electrons. The standard InChI is InChI=1S/C63H46N2.C62H54N2/c1-39-40(2)64(58-35-34-46(47-22-10-12-25-51(47)58)43-31-30-41-18-8-9-19-42(41)36-43)62-54-28-15-11-23-48(54)55-38-59(52-26-13-14-27-53(52)61(55)60(39)62)65(44-20-6-5-7-21-44)45-32-33-50-49-24-16-17-29-56(49)63(3,4)57(50)37-45;1-39-40(2)63(45-35-36-51-54(37-45)59(62(6,7)8)50-29-19-18-28-49(50)58(51)61(3,4)5)60-52-30-20-15-25-46(52)53-38-55(47-26-16-17-27-48(47)57(53)56(39)60)64(43-23-13-10-14-24-43)44-33-31-42(32-34-44)41-21-11-9-12-22-41/h5-38H,1-4H3;9-38H,1-8H3. The molecule has 0 aliphatic heterocycles. The maximum atomic E-state index is 2.57. The normalized spacial score (nSPS) is 12.7. The topological polar surface area (TPSA) is 16.3 Å². The molecule has 24 rings (SSSR count). The molecule has 21 aromatic carbocycles. The van der Waals surface area contributed by atoms with Crippen molar-refractivity contribution in [2.75, 3.05) is 9.80 Å². The van der Waals surface area contributed by atoms with Gasteiger partial charge in [-0.2, -0.15) is 0 Å². The van der Waals surface area contributed by atoms with Crippen LogP contribution in [0, 0.1) is 27.7 Å². The maximum Gasteiger partial charge on any atom is 0.0619 e. The van der Waals surface area contributed by atoms with Crippen LogP contribution in [0.1, 0.15) is 100 Å². The van der Waals surface area contributed by atoms with Gasteiger partial charge < -0.3 is 18.9 Å². The minimum absolute atomic E-state index is 0.0425. The third-order valence-electron chi connectivity index (χ3n) is 28.5. The molecule has 0 bridgehead atoms. The summed E-state index contributed by atoms with van der Waals surface area (Å²) in [5.74, 6) is 0. The molecule has 0 N–H and O–H groups in total. The molecule has 620 valence electrons. The average molecular weight is 1660 g/mol. The van der Waals surface area contributed by atoms with Crippen molar-refractivity contribution in [3.05, 3.63) is 433 Å². The number of fused-ring (bicyclic) bond motifs is 23. The zero-order valence-electron chi connectivity index (χ0n) is 75.2. The molecular formula is C125H100N4. The van der Waals surface area contributed by atoms with Gasteiger partial charge in [-0.3, -0.25) is 0 Å². The van der Waals surface area contributed by atoms with Crippen LogP contribution in [0.2, 0.25) is 0 Å². The molecule has 23 aromatic rings. The summed E-state index contributed by atoms with van der Waals surface area (Å²) in [5, 5.41) is 28.1. The van der Waals surface area contributed by atoms with Gasteiger partial charge in [-0.25, -0.2) is 0 Å². The van der Waals surface area contributed by atoms with Crippen molar-refractivity contribution in [3.8, 4) is 44.8 Å². The highest BCUT2D eigenvalue weighted by molar-refractivity contribution is 6.36. The van der Waals surface area contributed by atoms with Gasteiger partial charge in [0.25, 0.3) is 0 Å². The lowest BCUT2D eigenvalue weighted by Crippen LogP contribution is -2.17. The van der Waals surface area contributed by atoms with E-state index in [-0.39, 0.29) is 16.2 Å². The van der Waals surface area contributed by atoms with E-state index in [1.165, 1.54) is 225 Å². The van der Waals surface area contributed by atoms with Crippen molar-refractivity contribution in [2.45, 2.75) is 99.3 Å². The van der Waals surface area contributed by atoms with Gasteiger partial charge in [-0.15, -0.1) is 0 Å². The van der Waals surface area contributed by atoms with Crippen LogP contribution in [-0.2, 0) is 16.2 Å². The highest BCUT2D eigenvalue weighted by atomic mass is 15.2. The van der Waals surface area contributed by atoms with Gasteiger partial charge in [-0.1, -0.05) is 359 Å². The summed E-state index contributed by atoms with van der Waals surface area (Å²) in [5.41, 5.74) is 29.8. The summed E-state index contributed by atoms with van der Waals surface area (Å²) in [7, 11) is 0. The zero-order valence-corrected chi connectivity index (χ0v) is 75.2.